The molecule has 140 valence electrons. The van der Waals surface area contributed by atoms with Crippen molar-refractivity contribution in [1.29, 1.82) is 0 Å². The molecule has 7 nitrogen and oxygen atoms in total. The van der Waals surface area contributed by atoms with E-state index in [4.69, 9.17) is 0 Å². The van der Waals surface area contributed by atoms with Gasteiger partial charge in [0.15, 0.2) is 0 Å². The van der Waals surface area contributed by atoms with Crippen molar-refractivity contribution in [2.24, 2.45) is 7.05 Å². The minimum Gasteiger partial charge on any atom is -0.332 e. The van der Waals surface area contributed by atoms with Gasteiger partial charge >= 0.3 is 0 Å². The third-order valence-electron chi connectivity index (χ3n) is 4.65. The van der Waals surface area contributed by atoms with Crippen LogP contribution in [0.5, 0.6) is 0 Å². The first-order valence-corrected chi connectivity index (χ1v) is 8.85. The Bertz CT molecular complexity index is 1080. The zero-order valence-electron chi connectivity index (χ0n) is 16.0. The molecule has 0 aliphatic rings. The number of benzene rings is 1. The summed E-state index contributed by atoms with van der Waals surface area (Å²) in [6, 6.07) is 7.16. The second kappa shape index (κ2) is 7.57. The van der Waals surface area contributed by atoms with Crippen molar-refractivity contribution in [2.45, 2.75) is 27.3 Å². The van der Waals surface area contributed by atoms with E-state index in [1.54, 1.807) is 39.9 Å². The second-order valence-corrected chi connectivity index (χ2v) is 6.42. The summed E-state index contributed by atoms with van der Waals surface area (Å²) < 4.78 is 1.79. The van der Waals surface area contributed by atoms with E-state index in [1.165, 1.54) is 0 Å². The summed E-state index contributed by atoms with van der Waals surface area (Å²) in [6.07, 6.45) is 3.33. The highest BCUT2D eigenvalue weighted by atomic mass is 16.2. The number of nitrogens with one attached hydrogen (secondary N) is 1. The number of nitrogens with zero attached hydrogens (tertiary/aromatic N) is 4. The summed E-state index contributed by atoms with van der Waals surface area (Å²) in [5.41, 5.74) is 3.25. The van der Waals surface area contributed by atoms with E-state index in [2.05, 4.69) is 15.1 Å². The molecular formula is C20H23N5O2. The van der Waals surface area contributed by atoms with Crippen LogP contribution in [0.1, 0.15) is 29.7 Å². The molecule has 0 saturated carbocycles. The number of hydrogen-bond acceptors (Lipinski definition) is 4. The van der Waals surface area contributed by atoms with E-state index in [0.717, 1.165) is 17.0 Å². The van der Waals surface area contributed by atoms with Gasteiger partial charge in [0.1, 0.15) is 5.82 Å². The summed E-state index contributed by atoms with van der Waals surface area (Å²) in [7, 11) is 1.88. The molecule has 2 aromatic heterocycles. The molecule has 7 heteroatoms. The van der Waals surface area contributed by atoms with Gasteiger partial charge < -0.3 is 9.88 Å². The van der Waals surface area contributed by atoms with Crippen LogP contribution in [-0.4, -0.2) is 37.1 Å². The predicted octanol–water partition coefficient (Wildman–Crippen LogP) is 2.34. The first-order chi connectivity index (χ1) is 12.9. The lowest BCUT2D eigenvalue weighted by molar-refractivity contribution is -0.126. The van der Waals surface area contributed by atoms with E-state index in [1.807, 2.05) is 33.9 Å². The molecule has 1 aromatic carbocycles. The Labute approximate surface area is 157 Å². The molecule has 1 amide bonds. The van der Waals surface area contributed by atoms with Crippen LogP contribution in [0.25, 0.3) is 17.0 Å². The maximum absolute atomic E-state index is 12.6. The van der Waals surface area contributed by atoms with Crippen LogP contribution in [0.3, 0.4) is 0 Å². The van der Waals surface area contributed by atoms with Crippen LogP contribution in [0.2, 0.25) is 0 Å². The quantitative estimate of drug-likeness (QED) is 0.704. The van der Waals surface area contributed by atoms with E-state index in [-0.39, 0.29) is 18.0 Å². The molecule has 0 radical (unpaired) electrons. The Kier molecular flexibility index (Phi) is 5.21. The monoisotopic (exact) mass is 365 g/mol. The summed E-state index contributed by atoms with van der Waals surface area (Å²) in [5, 5.41) is 4.89. The van der Waals surface area contributed by atoms with E-state index < -0.39 is 0 Å². The van der Waals surface area contributed by atoms with Crippen LogP contribution in [-0.2, 0) is 18.4 Å². The van der Waals surface area contributed by atoms with Gasteiger partial charge in [-0.1, -0.05) is 12.1 Å². The molecule has 3 rings (SSSR count). The van der Waals surface area contributed by atoms with Crippen LogP contribution in [0, 0.1) is 13.8 Å². The Morgan fingerprint density at radius 3 is 2.70 bits per heavy atom. The lowest BCUT2D eigenvalue weighted by Gasteiger charge is -2.18. The zero-order valence-corrected chi connectivity index (χ0v) is 16.0. The minimum absolute atomic E-state index is 0.143. The number of rotatable bonds is 5. The first kappa shape index (κ1) is 18.6. The number of H-pyrrole nitrogens is 1. The Morgan fingerprint density at radius 2 is 2.04 bits per heavy atom. The molecule has 0 aliphatic heterocycles. The highest BCUT2D eigenvalue weighted by Crippen LogP contribution is 2.14. The SMILES string of the molecule is CCN(Cc1nc2ccccc2c(=O)[nH]1)C(=O)C=Cc1c(C)nn(C)c1C. The van der Waals surface area contributed by atoms with Crippen molar-refractivity contribution in [2.75, 3.05) is 6.54 Å². The topological polar surface area (TPSA) is 83.9 Å². The molecule has 0 fully saturated rings. The summed E-state index contributed by atoms with van der Waals surface area (Å²) in [6.45, 7) is 6.52. The van der Waals surface area contributed by atoms with Crippen molar-refractivity contribution >= 4 is 22.9 Å². The van der Waals surface area contributed by atoms with Crippen molar-refractivity contribution in [3.8, 4) is 0 Å². The molecule has 1 N–H and O–H groups in total. The molecule has 27 heavy (non-hydrogen) atoms. The number of carbonyl (C=O) groups is 1. The number of amides is 1. The molecule has 0 unspecified atom stereocenters. The standard InChI is InChI=1S/C20H23N5O2/c1-5-25(19(26)11-10-15-13(2)23-24(4)14(15)3)12-18-21-17-9-7-6-8-16(17)20(27)22-18/h6-11H,5,12H2,1-4H3,(H,21,22,27). The average Bonchev–Trinajstić information content (AvgIpc) is 2.89. The fourth-order valence-electron chi connectivity index (χ4n) is 3.03. The van der Waals surface area contributed by atoms with Gasteiger partial charge in [0.25, 0.3) is 5.56 Å². The predicted molar refractivity (Wildman–Crippen MR) is 105 cm³/mol. The van der Waals surface area contributed by atoms with Gasteiger partial charge in [-0.2, -0.15) is 5.10 Å². The highest BCUT2D eigenvalue weighted by Gasteiger charge is 2.13. The van der Waals surface area contributed by atoms with Crippen molar-refractivity contribution in [3.63, 3.8) is 0 Å². The molecule has 0 atom stereocenters. The van der Waals surface area contributed by atoms with Gasteiger partial charge in [-0.15, -0.1) is 0 Å². The van der Waals surface area contributed by atoms with Crippen LogP contribution in [0.15, 0.2) is 35.1 Å². The Balaban J connectivity index is 1.82. The number of carbonyl (C=O) groups excluding carboxylic acids is 1. The minimum atomic E-state index is -0.198. The molecular weight excluding hydrogens is 342 g/mol. The molecule has 0 aliphatic carbocycles. The van der Waals surface area contributed by atoms with Crippen LogP contribution in [0.4, 0.5) is 0 Å². The van der Waals surface area contributed by atoms with Gasteiger partial charge in [0.05, 0.1) is 23.1 Å². The normalized spacial score (nSPS) is 11.4. The maximum atomic E-state index is 12.6. The van der Waals surface area contributed by atoms with Crippen molar-refractivity contribution in [3.05, 3.63) is 63.5 Å². The van der Waals surface area contributed by atoms with E-state index in [9.17, 15) is 9.59 Å². The Morgan fingerprint density at radius 1 is 1.30 bits per heavy atom. The van der Waals surface area contributed by atoms with Crippen LogP contribution >= 0.6 is 0 Å². The number of aromatic amines is 1. The third kappa shape index (κ3) is 3.81. The second-order valence-electron chi connectivity index (χ2n) is 6.42. The third-order valence-corrected chi connectivity index (χ3v) is 4.65. The highest BCUT2D eigenvalue weighted by molar-refractivity contribution is 5.92. The van der Waals surface area contributed by atoms with Crippen molar-refractivity contribution < 1.29 is 4.79 Å². The van der Waals surface area contributed by atoms with E-state index >= 15 is 0 Å². The molecule has 0 spiro atoms. The fraction of sp³-hybridized carbons (Fsp3) is 0.300. The van der Waals surface area contributed by atoms with Gasteiger partial charge in [0.2, 0.25) is 5.91 Å². The first-order valence-electron chi connectivity index (χ1n) is 8.85. The summed E-state index contributed by atoms with van der Waals surface area (Å²) >= 11 is 0. The number of aromatic nitrogens is 4. The molecule has 0 saturated heterocycles. The smallest absolute Gasteiger partial charge is 0.258 e. The lowest BCUT2D eigenvalue weighted by Crippen LogP contribution is -2.30. The largest absolute Gasteiger partial charge is 0.332 e. The average molecular weight is 365 g/mol. The molecule has 0 bridgehead atoms. The van der Waals surface area contributed by atoms with Gasteiger partial charge in [0, 0.05) is 30.9 Å². The zero-order chi connectivity index (χ0) is 19.6. The van der Waals surface area contributed by atoms with E-state index in [0.29, 0.717) is 23.3 Å². The van der Waals surface area contributed by atoms with Crippen molar-refractivity contribution in [1.82, 2.24) is 24.6 Å². The number of hydrogen-bond donors (Lipinski definition) is 1. The number of para-hydroxylation sites is 1. The molecule has 2 heterocycles. The van der Waals surface area contributed by atoms with Gasteiger partial charge in [-0.05, 0) is 39.0 Å². The number of fused-ring (bicyclic) bond motifs is 1. The maximum Gasteiger partial charge on any atom is 0.258 e. The fourth-order valence-corrected chi connectivity index (χ4v) is 3.03. The lowest BCUT2D eigenvalue weighted by atomic mass is 10.2. The summed E-state index contributed by atoms with van der Waals surface area (Å²) in [4.78, 5) is 33.7. The number of likely N-dealkylation sites (N-methyl/N-ethyl adjacent to an activating group) is 1. The summed E-state index contributed by atoms with van der Waals surface area (Å²) in [5.74, 6) is 0.326. The van der Waals surface area contributed by atoms with Gasteiger partial charge in [-0.25, -0.2) is 4.98 Å². The van der Waals surface area contributed by atoms with Gasteiger partial charge in [-0.3, -0.25) is 14.3 Å². The number of aryl methyl sites for hydroxylation is 2. The Hall–Kier alpha value is -3.22. The van der Waals surface area contributed by atoms with Crippen LogP contribution < -0.4 is 5.56 Å². The molecule has 3 aromatic rings.